The van der Waals surface area contributed by atoms with Gasteiger partial charge in [0.05, 0.1) is 12.6 Å². The molecule has 2 fully saturated rings. The zero-order valence-corrected chi connectivity index (χ0v) is 9.38. The highest BCUT2D eigenvalue weighted by Gasteiger charge is 2.50. The van der Waals surface area contributed by atoms with Gasteiger partial charge in [-0.2, -0.15) is 0 Å². The molecule has 5 atom stereocenters. The Morgan fingerprint density at radius 2 is 1.94 bits per heavy atom. The van der Waals surface area contributed by atoms with Crippen molar-refractivity contribution < 1.29 is 25.2 Å². The first-order chi connectivity index (χ1) is 7.57. The number of carbonyl (C=O) groups is 1. The number of hydrogen-bond donors (Lipinski definition) is 4. The predicted molar refractivity (Wildman–Crippen MR) is 56.6 cm³/mol. The van der Waals surface area contributed by atoms with Crippen molar-refractivity contribution in [2.45, 2.75) is 36.1 Å². The van der Waals surface area contributed by atoms with Crippen LogP contribution < -0.4 is 0 Å². The first-order valence-electron chi connectivity index (χ1n) is 5.15. The van der Waals surface area contributed by atoms with Crippen LogP contribution in [-0.2, 0) is 4.79 Å². The van der Waals surface area contributed by atoms with E-state index in [1.807, 2.05) is 0 Å². The van der Waals surface area contributed by atoms with Crippen LogP contribution in [0.4, 0.5) is 0 Å². The molecule has 0 spiro atoms. The summed E-state index contributed by atoms with van der Waals surface area (Å²) in [5.74, 6) is 0.380. The van der Waals surface area contributed by atoms with E-state index in [2.05, 4.69) is 0 Å². The van der Waals surface area contributed by atoms with Gasteiger partial charge in [-0.25, -0.2) is 0 Å². The Bertz CT molecular complexity index is 277. The van der Waals surface area contributed by atoms with Gasteiger partial charge in [0.15, 0.2) is 0 Å². The van der Waals surface area contributed by atoms with Crippen molar-refractivity contribution in [1.29, 1.82) is 0 Å². The molecule has 4 N–H and O–H groups in total. The summed E-state index contributed by atoms with van der Waals surface area (Å²) >= 11 is 1.36. The average molecular weight is 249 g/mol. The number of aliphatic hydroxyl groups excluding tert-OH is 4. The molecule has 0 aromatic rings. The minimum atomic E-state index is -1.32. The van der Waals surface area contributed by atoms with Crippen molar-refractivity contribution in [3.63, 3.8) is 0 Å². The van der Waals surface area contributed by atoms with Gasteiger partial charge in [-0.05, 0) is 0 Å². The topological polar surface area (TPSA) is 101 Å². The van der Waals surface area contributed by atoms with Crippen molar-refractivity contribution in [2.75, 3.05) is 12.4 Å². The van der Waals surface area contributed by atoms with Gasteiger partial charge in [-0.1, -0.05) is 0 Å². The zero-order chi connectivity index (χ0) is 11.9. The molecule has 92 valence electrons. The molecule has 2 heterocycles. The third-order valence-electron chi connectivity index (χ3n) is 3.10. The van der Waals surface area contributed by atoms with Crippen LogP contribution in [0.25, 0.3) is 0 Å². The maximum Gasteiger partial charge on any atom is 0.224 e. The lowest BCUT2D eigenvalue weighted by Gasteiger charge is -2.50. The van der Waals surface area contributed by atoms with E-state index < -0.39 is 36.3 Å². The fourth-order valence-electron chi connectivity index (χ4n) is 2.21. The van der Waals surface area contributed by atoms with Crippen molar-refractivity contribution in [1.82, 2.24) is 4.90 Å². The number of amides is 1. The van der Waals surface area contributed by atoms with Crippen LogP contribution >= 0.6 is 11.8 Å². The second kappa shape index (κ2) is 4.50. The van der Waals surface area contributed by atoms with E-state index >= 15 is 0 Å². The Balaban J connectivity index is 2.28. The standard InChI is InChI=1S/C9H15NO5S/c11-3-4-6(13)7(14)8(15)9-10(4)5(12)1-2-16-9/h4,6-9,11,13-15H,1-3H2/t4-,6+,7-,8-,9+/m0/s1. The molecule has 0 unspecified atom stereocenters. The number of fused-ring (bicyclic) bond motifs is 1. The number of carbonyl (C=O) groups excluding carboxylic acids is 1. The lowest BCUT2D eigenvalue weighted by Crippen LogP contribution is -2.68. The van der Waals surface area contributed by atoms with E-state index in [0.717, 1.165) is 0 Å². The highest BCUT2D eigenvalue weighted by atomic mass is 32.2. The summed E-state index contributed by atoms with van der Waals surface area (Å²) in [5.41, 5.74) is 0. The molecule has 2 saturated heterocycles. The first-order valence-corrected chi connectivity index (χ1v) is 6.20. The Hall–Kier alpha value is -0.340. The normalized spacial score (nSPS) is 44.4. The lowest BCUT2D eigenvalue weighted by atomic mass is 9.93. The van der Waals surface area contributed by atoms with E-state index in [1.165, 1.54) is 16.7 Å². The molecular formula is C9H15NO5S. The number of rotatable bonds is 1. The van der Waals surface area contributed by atoms with Crippen LogP contribution in [0.1, 0.15) is 6.42 Å². The molecule has 0 radical (unpaired) electrons. The van der Waals surface area contributed by atoms with Gasteiger partial charge in [0.2, 0.25) is 5.91 Å². The van der Waals surface area contributed by atoms with Crippen LogP contribution in [-0.4, -0.2) is 73.3 Å². The number of nitrogens with zero attached hydrogens (tertiary/aromatic N) is 1. The van der Waals surface area contributed by atoms with Crippen LogP contribution in [0.5, 0.6) is 0 Å². The quantitative estimate of drug-likeness (QED) is 0.418. The number of piperidine rings is 1. The Morgan fingerprint density at radius 1 is 1.25 bits per heavy atom. The summed E-state index contributed by atoms with van der Waals surface area (Å²) in [4.78, 5) is 13.0. The molecule has 0 aromatic carbocycles. The van der Waals surface area contributed by atoms with Gasteiger partial charge in [-0.15, -0.1) is 11.8 Å². The molecule has 2 aliphatic heterocycles. The van der Waals surface area contributed by atoms with Crippen LogP contribution in [0.3, 0.4) is 0 Å². The maximum atomic E-state index is 11.7. The summed E-state index contributed by atoms with van der Waals surface area (Å²) in [6.45, 7) is -0.423. The smallest absolute Gasteiger partial charge is 0.224 e. The van der Waals surface area contributed by atoms with Gasteiger partial charge in [0.25, 0.3) is 0 Å². The van der Waals surface area contributed by atoms with Crippen LogP contribution in [0.15, 0.2) is 0 Å². The first kappa shape index (κ1) is 12.1. The van der Waals surface area contributed by atoms with Crippen molar-refractivity contribution in [2.24, 2.45) is 0 Å². The highest BCUT2D eigenvalue weighted by Crippen LogP contribution is 2.35. The second-order valence-corrected chi connectivity index (χ2v) is 5.26. The van der Waals surface area contributed by atoms with E-state index in [4.69, 9.17) is 5.11 Å². The summed E-state index contributed by atoms with van der Waals surface area (Å²) in [5, 5.41) is 37.7. The molecule has 0 bridgehead atoms. The molecule has 2 aliphatic rings. The number of thioether (sulfide) groups is 1. The predicted octanol–water partition coefficient (Wildman–Crippen LogP) is -2.26. The Morgan fingerprint density at radius 3 is 2.56 bits per heavy atom. The van der Waals surface area contributed by atoms with Crippen molar-refractivity contribution in [3.8, 4) is 0 Å². The van der Waals surface area contributed by atoms with Crippen molar-refractivity contribution in [3.05, 3.63) is 0 Å². The van der Waals surface area contributed by atoms with Gasteiger partial charge in [0, 0.05) is 12.2 Å². The second-order valence-electron chi connectivity index (χ2n) is 4.03. The Kier molecular flexibility index (Phi) is 3.41. The van der Waals surface area contributed by atoms with Gasteiger partial charge < -0.3 is 25.3 Å². The fraction of sp³-hybridized carbons (Fsp3) is 0.889. The molecule has 7 heteroatoms. The van der Waals surface area contributed by atoms with Crippen LogP contribution in [0, 0.1) is 0 Å². The molecule has 16 heavy (non-hydrogen) atoms. The molecule has 0 aromatic heterocycles. The molecule has 6 nitrogen and oxygen atoms in total. The molecule has 2 rings (SSSR count). The summed E-state index contributed by atoms with van der Waals surface area (Å²) < 4.78 is 0. The van der Waals surface area contributed by atoms with Gasteiger partial charge in [0.1, 0.15) is 23.7 Å². The van der Waals surface area contributed by atoms with Crippen molar-refractivity contribution >= 4 is 17.7 Å². The highest BCUT2D eigenvalue weighted by molar-refractivity contribution is 8.00. The van der Waals surface area contributed by atoms with E-state index in [-0.39, 0.29) is 5.91 Å². The molecule has 0 aliphatic carbocycles. The summed E-state index contributed by atoms with van der Waals surface area (Å²) in [6.07, 6.45) is -3.48. The monoisotopic (exact) mass is 249 g/mol. The molecule has 0 saturated carbocycles. The fourth-order valence-corrected chi connectivity index (χ4v) is 3.54. The number of hydrogen-bond acceptors (Lipinski definition) is 6. The molecule has 1 amide bonds. The minimum Gasteiger partial charge on any atom is -0.394 e. The third kappa shape index (κ3) is 1.72. The lowest BCUT2D eigenvalue weighted by molar-refractivity contribution is -0.172. The van der Waals surface area contributed by atoms with Crippen LogP contribution in [0.2, 0.25) is 0 Å². The summed E-state index contributed by atoms with van der Waals surface area (Å²) in [7, 11) is 0. The van der Waals surface area contributed by atoms with E-state index in [0.29, 0.717) is 12.2 Å². The number of aliphatic hydroxyl groups is 4. The maximum absolute atomic E-state index is 11.7. The van der Waals surface area contributed by atoms with E-state index in [1.54, 1.807) is 0 Å². The average Bonchev–Trinajstić information content (AvgIpc) is 2.28. The summed E-state index contributed by atoms with van der Waals surface area (Å²) in [6, 6.07) is -0.830. The van der Waals surface area contributed by atoms with Gasteiger partial charge >= 0.3 is 0 Å². The Labute approximate surface area is 96.9 Å². The third-order valence-corrected chi connectivity index (χ3v) is 4.38. The SMILES string of the molecule is O=C1CCS[C@@H]2[C@@H](O)[C@@H](O)[C@H](O)[C@H](CO)N12. The van der Waals surface area contributed by atoms with E-state index in [9.17, 15) is 20.1 Å². The van der Waals surface area contributed by atoms with Gasteiger partial charge in [-0.3, -0.25) is 4.79 Å². The molecular weight excluding hydrogens is 234 g/mol. The zero-order valence-electron chi connectivity index (χ0n) is 8.56. The minimum absolute atomic E-state index is 0.201. The largest absolute Gasteiger partial charge is 0.394 e.